The fraction of sp³-hybridized carbons (Fsp3) is 0.333. The van der Waals surface area contributed by atoms with Crippen molar-refractivity contribution in [1.82, 2.24) is 20.4 Å². The van der Waals surface area contributed by atoms with Gasteiger partial charge in [-0.25, -0.2) is 13.5 Å². The number of hydrogen-bond acceptors (Lipinski definition) is 4. The summed E-state index contributed by atoms with van der Waals surface area (Å²) in [6.45, 7) is 1.57. The van der Waals surface area contributed by atoms with E-state index >= 15 is 0 Å². The number of benzene rings is 2. The molecular weight excluding hydrogens is 414 g/mol. The van der Waals surface area contributed by atoms with Crippen LogP contribution in [0.15, 0.2) is 60.9 Å². The lowest BCUT2D eigenvalue weighted by Gasteiger charge is -2.27. The van der Waals surface area contributed by atoms with E-state index in [2.05, 4.69) is 21.8 Å². The zero-order valence-corrected chi connectivity index (χ0v) is 17.8. The number of nitrogens with one attached hydrogen (secondary N) is 2. The first-order valence-electron chi connectivity index (χ1n) is 10.6. The van der Waals surface area contributed by atoms with Gasteiger partial charge in [0.1, 0.15) is 11.6 Å². The van der Waals surface area contributed by atoms with E-state index in [1.54, 1.807) is 10.9 Å². The predicted octanol–water partition coefficient (Wildman–Crippen LogP) is 2.84. The van der Waals surface area contributed by atoms with Crippen LogP contribution in [-0.2, 0) is 16.8 Å². The van der Waals surface area contributed by atoms with Gasteiger partial charge in [-0.2, -0.15) is 5.10 Å². The Morgan fingerprint density at radius 2 is 1.94 bits per heavy atom. The Morgan fingerprint density at radius 1 is 1.19 bits per heavy atom. The van der Waals surface area contributed by atoms with Crippen LogP contribution in [-0.4, -0.2) is 39.5 Å². The molecule has 0 aliphatic heterocycles. The third-order valence-electron chi connectivity index (χ3n) is 5.80. The van der Waals surface area contributed by atoms with E-state index < -0.39 is 23.8 Å². The first-order chi connectivity index (χ1) is 15.3. The van der Waals surface area contributed by atoms with Gasteiger partial charge in [0.25, 0.3) is 0 Å². The first-order valence-corrected chi connectivity index (χ1v) is 10.6. The summed E-state index contributed by atoms with van der Waals surface area (Å²) in [6.07, 6.45) is 4.60. The van der Waals surface area contributed by atoms with Crippen LogP contribution < -0.4 is 10.6 Å². The van der Waals surface area contributed by atoms with E-state index in [1.807, 2.05) is 30.5 Å². The number of aromatic nitrogens is 2. The van der Waals surface area contributed by atoms with Crippen LogP contribution in [0.5, 0.6) is 0 Å². The Labute approximate surface area is 185 Å². The van der Waals surface area contributed by atoms with Crippen molar-refractivity contribution in [1.29, 1.82) is 0 Å². The van der Waals surface area contributed by atoms with Crippen molar-refractivity contribution in [2.24, 2.45) is 0 Å². The maximum absolute atomic E-state index is 13.6. The summed E-state index contributed by atoms with van der Waals surface area (Å²) in [5.74, 6) is -1.70. The second-order valence-electron chi connectivity index (χ2n) is 8.32. The minimum Gasteiger partial charge on any atom is -0.390 e. The highest BCUT2D eigenvalue weighted by Gasteiger charge is 2.44. The summed E-state index contributed by atoms with van der Waals surface area (Å²) in [4.78, 5) is 11.7. The molecule has 8 heteroatoms. The average molecular weight is 440 g/mol. The molecule has 168 valence electrons. The van der Waals surface area contributed by atoms with Gasteiger partial charge in [0.05, 0.1) is 17.8 Å². The molecule has 6 nitrogen and oxygen atoms in total. The third-order valence-corrected chi connectivity index (χ3v) is 5.80. The number of halogens is 2. The fourth-order valence-electron chi connectivity index (χ4n) is 4.03. The number of aliphatic hydroxyl groups is 1. The van der Waals surface area contributed by atoms with E-state index in [0.717, 1.165) is 30.2 Å². The van der Waals surface area contributed by atoms with Crippen molar-refractivity contribution in [3.8, 4) is 5.69 Å². The van der Waals surface area contributed by atoms with Crippen molar-refractivity contribution in [3.63, 3.8) is 0 Å². The lowest BCUT2D eigenvalue weighted by molar-refractivity contribution is -0.120. The van der Waals surface area contributed by atoms with Gasteiger partial charge >= 0.3 is 0 Å². The average Bonchev–Trinajstić information content (AvgIpc) is 3.33. The Balaban J connectivity index is 1.45. The number of amides is 1. The van der Waals surface area contributed by atoms with Crippen LogP contribution in [0.3, 0.4) is 0 Å². The quantitative estimate of drug-likeness (QED) is 0.478. The molecule has 4 rings (SSSR count). The minimum atomic E-state index is -0.947. The van der Waals surface area contributed by atoms with Gasteiger partial charge in [0, 0.05) is 37.5 Å². The van der Waals surface area contributed by atoms with Gasteiger partial charge in [-0.15, -0.1) is 0 Å². The number of nitrogens with zero attached hydrogens (tertiary/aromatic N) is 2. The molecule has 0 saturated heterocycles. The van der Waals surface area contributed by atoms with Crippen LogP contribution in [0, 0.1) is 11.6 Å². The molecule has 1 heterocycles. The number of carbonyl (C=O) groups is 1. The molecule has 1 saturated carbocycles. The SMILES string of the molecule is CC(=O)N[C@@H](Cc1cc(F)cc(F)c1)[C@H](O)CNC1(c2cccc(-n3cccn3)c2)CC1. The lowest BCUT2D eigenvalue weighted by Crippen LogP contribution is -2.49. The highest BCUT2D eigenvalue weighted by molar-refractivity contribution is 5.73. The predicted molar refractivity (Wildman–Crippen MR) is 116 cm³/mol. The maximum Gasteiger partial charge on any atom is 0.217 e. The van der Waals surface area contributed by atoms with Gasteiger partial charge < -0.3 is 15.7 Å². The number of hydrogen-bond donors (Lipinski definition) is 3. The van der Waals surface area contributed by atoms with Crippen molar-refractivity contribution in [2.75, 3.05) is 6.54 Å². The Bertz CT molecular complexity index is 1060. The van der Waals surface area contributed by atoms with E-state index in [0.29, 0.717) is 5.56 Å². The van der Waals surface area contributed by atoms with Crippen molar-refractivity contribution >= 4 is 5.91 Å². The number of carbonyl (C=O) groups excluding carboxylic acids is 1. The minimum absolute atomic E-state index is 0.110. The molecule has 0 radical (unpaired) electrons. The van der Waals surface area contributed by atoms with Gasteiger partial charge in [-0.1, -0.05) is 12.1 Å². The molecule has 32 heavy (non-hydrogen) atoms. The maximum atomic E-state index is 13.6. The smallest absolute Gasteiger partial charge is 0.217 e. The second-order valence-corrected chi connectivity index (χ2v) is 8.32. The van der Waals surface area contributed by atoms with Crippen LogP contribution in [0.2, 0.25) is 0 Å². The lowest BCUT2D eigenvalue weighted by atomic mass is 9.99. The first kappa shape index (κ1) is 22.1. The molecule has 1 amide bonds. The summed E-state index contributed by atoms with van der Waals surface area (Å²) in [7, 11) is 0. The van der Waals surface area contributed by atoms with Gasteiger partial charge in [-0.05, 0) is 60.7 Å². The monoisotopic (exact) mass is 440 g/mol. The molecule has 0 spiro atoms. The van der Waals surface area contributed by atoms with E-state index in [-0.39, 0.29) is 24.4 Å². The molecule has 2 aromatic carbocycles. The molecule has 0 bridgehead atoms. The van der Waals surface area contributed by atoms with Crippen LogP contribution >= 0.6 is 0 Å². The summed E-state index contributed by atoms with van der Waals surface area (Å²) in [5.41, 5.74) is 2.16. The third kappa shape index (κ3) is 5.20. The van der Waals surface area contributed by atoms with E-state index in [9.17, 15) is 18.7 Å². The summed E-state index contributed by atoms with van der Waals surface area (Å²) >= 11 is 0. The summed E-state index contributed by atoms with van der Waals surface area (Å²) < 4.78 is 28.9. The van der Waals surface area contributed by atoms with Crippen molar-refractivity contribution < 1.29 is 18.7 Å². The molecule has 1 aliphatic carbocycles. The summed E-state index contributed by atoms with van der Waals surface area (Å²) in [5, 5.41) is 21.2. The molecule has 2 atom stereocenters. The topological polar surface area (TPSA) is 79.2 Å². The highest BCUT2D eigenvalue weighted by atomic mass is 19.1. The molecule has 1 fully saturated rings. The fourth-order valence-corrected chi connectivity index (χ4v) is 4.03. The molecule has 3 aromatic rings. The van der Waals surface area contributed by atoms with Gasteiger partial charge in [0.15, 0.2) is 0 Å². The Kier molecular flexibility index (Phi) is 6.34. The van der Waals surface area contributed by atoms with Gasteiger partial charge in [0.2, 0.25) is 5.91 Å². The van der Waals surface area contributed by atoms with Crippen molar-refractivity contribution in [2.45, 2.75) is 43.9 Å². The number of rotatable bonds is 9. The zero-order chi connectivity index (χ0) is 22.7. The Hall–Kier alpha value is -3.10. The largest absolute Gasteiger partial charge is 0.390 e. The van der Waals surface area contributed by atoms with Crippen LogP contribution in [0.25, 0.3) is 5.69 Å². The number of aliphatic hydroxyl groups excluding tert-OH is 1. The standard InChI is InChI=1S/C24H26F2N4O2/c1-16(31)29-22(12-17-10-19(25)14-20(26)11-17)23(32)15-27-24(6-7-24)18-4-2-5-21(13-18)30-9-3-8-28-30/h2-5,8-11,13-14,22-23,27,32H,6-7,12,15H2,1H3,(H,29,31)/t22-,23+/m0/s1. The Morgan fingerprint density at radius 3 is 2.56 bits per heavy atom. The zero-order valence-electron chi connectivity index (χ0n) is 17.8. The molecule has 1 aromatic heterocycles. The second kappa shape index (κ2) is 9.18. The summed E-state index contributed by atoms with van der Waals surface area (Å²) in [6, 6.07) is 12.5. The molecular formula is C24H26F2N4O2. The van der Waals surface area contributed by atoms with E-state index in [1.165, 1.54) is 19.1 Å². The van der Waals surface area contributed by atoms with Crippen LogP contribution in [0.4, 0.5) is 8.78 Å². The van der Waals surface area contributed by atoms with Gasteiger partial charge in [-0.3, -0.25) is 4.79 Å². The molecule has 3 N–H and O–H groups in total. The molecule has 1 aliphatic rings. The normalized spacial score (nSPS) is 16.4. The van der Waals surface area contributed by atoms with Crippen molar-refractivity contribution in [3.05, 3.63) is 83.7 Å². The van der Waals surface area contributed by atoms with E-state index in [4.69, 9.17) is 0 Å². The van der Waals surface area contributed by atoms with Crippen LogP contribution in [0.1, 0.15) is 30.9 Å². The molecule has 0 unspecified atom stereocenters. The highest BCUT2D eigenvalue weighted by Crippen LogP contribution is 2.45.